The van der Waals surface area contributed by atoms with Gasteiger partial charge in [-0.25, -0.2) is 0 Å². The summed E-state index contributed by atoms with van der Waals surface area (Å²) in [6.45, 7) is 2.47. The number of rotatable bonds is 4. The summed E-state index contributed by atoms with van der Waals surface area (Å²) in [5, 5.41) is 0. The molecule has 0 bridgehead atoms. The molecule has 1 aromatic heterocycles. The fourth-order valence-electron chi connectivity index (χ4n) is 2.39. The van der Waals surface area contributed by atoms with Crippen molar-refractivity contribution in [2.45, 2.75) is 13.5 Å². The molecule has 0 unspecified atom stereocenters. The van der Waals surface area contributed by atoms with Crippen molar-refractivity contribution in [1.29, 1.82) is 0 Å². The molecule has 110 valence electrons. The summed E-state index contributed by atoms with van der Waals surface area (Å²) >= 11 is 0. The third kappa shape index (κ3) is 3.09. The van der Waals surface area contributed by atoms with E-state index in [-0.39, 0.29) is 5.56 Å². The van der Waals surface area contributed by atoms with Crippen molar-refractivity contribution in [1.82, 2.24) is 4.98 Å². The Labute approximate surface area is 129 Å². The van der Waals surface area contributed by atoms with Gasteiger partial charge in [0.25, 0.3) is 5.56 Å². The Morgan fingerprint density at radius 2 is 1.68 bits per heavy atom. The molecular formula is C19H17NO2. The average Bonchev–Trinajstić information content (AvgIpc) is 2.55. The van der Waals surface area contributed by atoms with Crippen molar-refractivity contribution < 1.29 is 4.74 Å². The van der Waals surface area contributed by atoms with Crippen molar-refractivity contribution in [3.63, 3.8) is 0 Å². The second-order valence-corrected chi connectivity index (χ2v) is 5.16. The smallest absolute Gasteiger partial charge is 0.256 e. The molecule has 0 atom stereocenters. The van der Waals surface area contributed by atoms with Crippen molar-refractivity contribution in [2.24, 2.45) is 0 Å². The highest BCUT2D eigenvalue weighted by molar-refractivity contribution is 5.66. The molecule has 0 saturated carbocycles. The van der Waals surface area contributed by atoms with Crippen LogP contribution in [0.5, 0.6) is 5.75 Å². The highest BCUT2D eigenvalue weighted by Crippen LogP contribution is 2.22. The molecule has 0 spiro atoms. The molecule has 3 aromatic rings. The molecule has 0 aliphatic heterocycles. The lowest BCUT2D eigenvalue weighted by Gasteiger charge is -2.08. The van der Waals surface area contributed by atoms with Crippen LogP contribution in [0.1, 0.15) is 11.1 Å². The SMILES string of the molecule is Cc1cc[nH]c(=O)c1-c1ccc(OCc2ccccc2)cc1. The Hall–Kier alpha value is -2.81. The van der Waals surface area contributed by atoms with Gasteiger partial charge in [-0.2, -0.15) is 0 Å². The maximum Gasteiger partial charge on any atom is 0.256 e. The summed E-state index contributed by atoms with van der Waals surface area (Å²) in [6.07, 6.45) is 1.67. The molecule has 0 fully saturated rings. The third-order valence-corrected chi connectivity index (χ3v) is 3.56. The number of hydrogen-bond donors (Lipinski definition) is 1. The number of aryl methyl sites for hydroxylation is 1. The molecule has 3 nitrogen and oxygen atoms in total. The molecular weight excluding hydrogens is 274 g/mol. The highest BCUT2D eigenvalue weighted by Gasteiger charge is 2.06. The van der Waals surface area contributed by atoms with Gasteiger partial charge in [-0.1, -0.05) is 42.5 Å². The molecule has 0 saturated heterocycles. The number of aromatic nitrogens is 1. The monoisotopic (exact) mass is 291 g/mol. The summed E-state index contributed by atoms with van der Waals surface area (Å²) in [5.41, 5.74) is 3.62. The van der Waals surface area contributed by atoms with Crippen LogP contribution in [0.15, 0.2) is 71.7 Å². The minimum atomic E-state index is -0.0713. The van der Waals surface area contributed by atoms with E-state index in [4.69, 9.17) is 4.74 Å². The predicted octanol–water partition coefficient (Wildman–Crippen LogP) is 3.93. The van der Waals surface area contributed by atoms with Crippen molar-refractivity contribution in [3.05, 3.63) is 88.3 Å². The maximum atomic E-state index is 11.9. The van der Waals surface area contributed by atoms with Gasteiger partial charge < -0.3 is 9.72 Å². The lowest BCUT2D eigenvalue weighted by Crippen LogP contribution is -2.09. The van der Waals surface area contributed by atoms with Gasteiger partial charge in [-0.05, 0) is 41.8 Å². The first-order valence-electron chi connectivity index (χ1n) is 7.19. The number of aromatic amines is 1. The van der Waals surface area contributed by atoms with Crippen molar-refractivity contribution in [2.75, 3.05) is 0 Å². The maximum absolute atomic E-state index is 11.9. The quantitative estimate of drug-likeness (QED) is 0.791. The fourth-order valence-corrected chi connectivity index (χ4v) is 2.39. The van der Waals surface area contributed by atoms with Crippen LogP contribution in [0.2, 0.25) is 0 Å². The van der Waals surface area contributed by atoms with Crippen LogP contribution in [0.25, 0.3) is 11.1 Å². The summed E-state index contributed by atoms with van der Waals surface area (Å²) < 4.78 is 5.76. The van der Waals surface area contributed by atoms with E-state index in [0.717, 1.165) is 22.4 Å². The summed E-state index contributed by atoms with van der Waals surface area (Å²) in [4.78, 5) is 14.7. The van der Waals surface area contributed by atoms with Crippen LogP contribution in [-0.4, -0.2) is 4.98 Å². The topological polar surface area (TPSA) is 42.1 Å². The molecule has 3 rings (SSSR count). The Kier molecular flexibility index (Phi) is 4.05. The molecule has 0 radical (unpaired) electrons. The summed E-state index contributed by atoms with van der Waals surface area (Å²) in [6, 6.07) is 19.5. The van der Waals surface area contributed by atoms with Crippen LogP contribution >= 0.6 is 0 Å². The Bertz CT molecular complexity index is 805. The molecule has 2 aromatic carbocycles. The number of ether oxygens (including phenoxy) is 1. The number of H-pyrrole nitrogens is 1. The van der Waals surface area contributed by atoms with E-state index in [1.807, 2.05) is 67.6 Å². The van der Waals surface area contributed by atoms with Gasteiger partial charge in [0.1, 0.15) is 12.4 Å². The molecule has 3 heteroatoms. The molecule has 1 N–H and O–H groups in total. The first-order chi connectivity index (χ1) is 10.7. The normalized spacial score (nSPS) is 10.4. The van der Waals surface area contributed by atoms with Crippen LogP contribution in [0.4, 0.5) is 0 Å². The van der Waals surface area contributed by atoms with Gasteiger partial charge in [0.15, 0.2) is 0 Å². The predicted molar refractivity (Wildman–Crippen MR) is 88.0 cm³/mol. The van der Waals surface area contributed by atoms with E-state index in [1.54, 1.807) is 6.20 Å². The Morgan fingerprint density at radius 1 is 0.955 bits per heavy atom. The number of hydrogen-bond acceptors (Lipinski definition) is 2. The zero-order chi connectivity index (χ0) is 15.4. The highest BCUT2D eigenvalue weighted by atomic mass is 16.5. The van der Waals surface area contributed by atoms with Crippen molar-refractivity contribution in [3.8, 4) is 16.9 Å². The van der Waals surface area contributed by atoms with Gasteiger partial charge in [0.2, 0.25) is 0 Å². The van der Waals surface area contributed by atoms with Crippen LogP contribution in [-0.2, 0) is 6.61 Å². The lowest BCUT2D eigenvalue weighted by atomic mass is 10.0. The lowest BCUT2D eigenvalue weighted by molar-refractivity contribution is 0.306. The van der Waals surface area contributed by atoms with E-state index in [2.05, 4.69) is 4.98 Å². The van der Waals surface area contributed by atoms with Gasteiger partial charge in [0.05, 0.1) is 0 Å². The zero-order valence-corrected chi connectivity index (χ0v) is 12.4. The minimum Gasteiger partial charge on any atom is -0.489 e. The molecule has 0 aliphatic rings. The largest absolute Gasteiger partial charge is 0.489 e. The minimum absolute atomic E-state index is 0.0713. The van der Waals surface area contributed by atoms with Gasteiger partial charge >= 0.3 is 0 Å². The number of benzene rings is 2. The standard InChI is InChI=1S/C19H17NO2/c1-14-11-12-20-19(21)18(14)16-7-9-17(10-8-16)22-13-15-5-3-2-4-6-15/h2-12H,13H2,1H3,(H,20,21). The second kappa shape index (κ2) is 6.31. The first kappa shape index (κ1) is 14.1. The average molecular weight is 291 g/mol. The molecule has 1 heterocycles. The van der Waals surface area contributed by atoms with Crippen LogP contribution in [0, 0.1) is 6.92 Å². The number of pyridine rings is 1. The summed E-state index contributed by atoms with van der Waals surface area (Å²) in [7, 11) is 0. The van der Waals surface area contributed by atoms with E-state index >= 15 is 0 Å². The Balaban J connectivity index is 1.77. The fraction of sp³-hybridized carbons (Fsp3) is 0.105. The Morgan fingerprint density at radius 3 is 2.36 bits per heavy atom. The molecule has 0 aliphatic carbocycles. The molecule has 0 amide bonds. The number of nitrogens with one attached hydrogen (secondary N) is 1. The van der Waals surface area contributed by atoms with Gasteiger partial charge in [-0.3, -0.25) is 4.79 Å². The zero-order valence-electron chi connectivity index (χ0n) is 12.4. The van der Waals surface area contributed by atoms with E-state index in [9.17, 15) is 4.79 Å². The molecule has 22 heavy (non-hydrogen) atoms. The van der Waals surface area contributed by atoms with Gasteiger partial charge in [0, 0.05) is 11.8 Å². The second-order valence-electron chi connectivity index (χ2n) is 5.16. The van der Waals surface area contributed by atoms with E-state index < -0.39 is 0 Å². The third-order valence-electron chi connectivity index (χ3n) is 3.56. The van der Waals surface area contributed by atoms with Crippen molar-refractivity contribution >= 4 is 0 Å². The first-order valence-corrected chi connectivity index (χ1v) is 7.19. The van der Waals surface area contributed by atoms with Crippen LogP contribution < -0.4 is 10.3 Å². The van der Waals surface area contributed by atoms with Crippen LogP contribution in [0.3, 0.4) is 0 Å². The van der Waals surface area contributed by atoms with E-state index in [1.165, 1.54) is 0 Å². The van der Waals surface area contributed by atoms with Gasteiger partial charge in [-0.15, -0.1) is 0 Å². The van der Waals surface area contributed by atoms with E-state index in [0.29, 0.717) is 12.2 Å². The summed E-state index contributed by atoms with van der Waals surface area (Å²) in [5.74, 6) is 0.789.